The first-order chi connectivity index (χ1) is 17.2. The van der Waals surface area contributed by atoms with Crippen molar-refractivity contribution in [1.82, 2.24) is 4.57 Å². The van der Waals surface area contributed by atoms with Gasteiger partial charge in [0.1, 0.15) is 12.4 Å². The summed E-state index contributed by atoms with van der Waals surface area (Å²) in [4.78, 5) is 13.2. The van der Waals surface area contributed by atoms with E-state index in [1.165, 1.54) is 0 Å². The molecule has 0 atom stereocenters. The molecule has 0 aliphatic rings. The standard InChI is InChI=1S/C30H33NO4/c1-3-4-8-21-34-29-26-18-20-31(30(32)27(26)15-16-28(29)33-2)19-17-23-11-13-25(14-12-23)35-22-24-9-6-5-7-10-24/h5-7,9-16,18,20H,3-4,8,17,19,21-22H2,1-2H3. The first-order valence-electron chi connectivity index (χ1n) is 12.3. The molecular formula is C30H33NO4. The van der Waals surface area contributed by atoms with Crippen molar-refractivity contribution < 1.29 is 14.2 Å². The number of rotatable bonds is 12. The quantitative estimate of drug-likeness (QED) is 0.224. The topological polar surface area (TPSA) is 49.7 Å². The number of fused-ring (bicyclic) bond motifs is 1. The number of benzene rings is 3. The molecule has 5 nitrogen and oxygen atoms in total. The summed E-state index contributed by atoms with van der Waals surface area (Å²) in [5.74, 6) is 2.14. The first-order valence-corrected chi connectivity index (χ1v) is 12.3. The number of ether oxygens (including phenoxy) is 3. The average molecular weight is 472 g/mol. The van der Waals surface area contributed by atoms with Gasteiger partial charge in [0.2, 0.25) is 0 Å². The lowest BCUT2D eigenvalue weighted by molar-refractivity contribution is 0.289. The highest BCUT2D eigenvalue weighted by molar-refractivity contribution is 5.90. The average Bonchev–Trinajstić information content (AvgIpc) is 2.90. The molecule has 1 aromatic heterocycles. The van der Waals surface area contributed by atoms with Crippen LogP contribution in [0.25, 0.3) is 10.8 Å². The van der Waals surface area contributed by atoms with Gasteiger partial charge in [-0.3, -0.25) is 4.79 Å². The van der Waals surface area contributed by atoms with Crippen LogP contribution in [0.4, 0.5) is 0 Å². The van der Waals surface area contributed by atoms with E-state index in [1.54, 1.807) is 11.7 Å². The van der Waals surface area contributed by atoms with Crippen molar-refractivity contribution in [1.29, 1.82) is 0 Å². The van der Waals surface area contributed by atoms with E-state index in [1.807, 2.05) is 66.9 Å². The fourth-order valence-corrected chi connectivity index (χ4v) is 4.07. The van der Waals surface area contributed by atoms with Gasteiger partial charge in [-0.05, 0) is 54.3 Å². The van der Waals surface area contributed by atoms with Gasteiger partial charge in [0.15, 0.2) is 11.5 Å². The highest BCUT2D eigenvalue weighted by atomic mass is 16.5. The summed E-state index contributed by atoms with van der Waals surface area (Å²) in [5.41, 5.74) is 2.27. The highest BCUT2D eigenvalue weighted by Gasteiger charge is 2.13. The zero-order valence-corrected chi connectivity index (χ0v) is 20.5. The molecule has 182 valence electrons. The van der Waals surface area contributed by atoms with Gasteiger partial charge < -0.3 is 18.8 Å². The second-order valence-electron chi connectivity index (χ2n) is 8.60. The van der Waals surface area contributed by atoms with Gasteiger partial charge in [-0.15, -0.1) is 0 Å². The molecule has 4 rings (SSSR count). The van der Waals surface area contributed by atoms with Crippen molar-refractivity contribution in [3.05, 3.63) is 100 Å². The minimum atomic E-state index is -0.0219. The van der Waals surface area contributed by atoms with Gasteiger partial charge in [0.05, 0.1) is 19.1 Å². The molecule has 0 unspecified atom stereocenters. The molecule has 35 heavy (non-hydrogen) atoms. The second-order valence-corrected chi connectivity index (χ2v) is 8.60. The smallest absolute Gasteiger partial charge is 0.258 e. The maximum Gasteiger partial charge on any atom is 0.258 e. The minimum absolute atomic E-state index is 0.0219. The third-order valence-electron chi connectivity index (χ3n) is 6.10. The summed E-state index contributed by atoms with van der Waals surface area (Å²) >= 11 is 0. The van der Waals surface area contributed by atoms with E-state index in [0.29, 0.717) is 36.6 Å². The van der Waals surface area contributed by atoms with Crippen molar-refractivity contribution in [3.63, 3.8) is 0 Å². The lowest BCUT2D eigenvalue weighted by atomic mass is 10.1. The van der Waals surface area contributed by atoms with Crippen LogP contribution >= 0.6 is 0 Å². The van der Waals surface area contributed by atoms with Crippen LogP contribution in [0.5, 0.6) is 17.2 Å². The zero-order chi connectivity index (χ0) is 24.5. The van der Waals surface area contributed by atoms with Gasteiger partial charge in [-0.1, -0.05) is 62.2 Å². The van der Waals surface area contributed by atoms with Crippen molar-refractivity contribution in [3.8, 4) is 17.2 Å². The minimum Gasteiger partial charge on any atom is -0.493 e. The fraction of sp³-hybridized carbons (Fsp3) is 0.300. The Morgan fingerprint density at radius 2 is 1.60 bits per heavy atom. The molecule has 3 aromatic carbocycles. The molecule has 4 aromatic rings. The van der Waals surface area contributed by atoms with Crippen LogP contribution in [0.2, 0.25) is 0 Å². The van der Waals surface area contributed by atoms with Gasteiger partial charge in [0, 0.05) is 18.1 Å². The third-order valence-corrected chi connectivity index (χ3v) is 6.10. The molecule has 0 saturated carbocycles. The molecule has 0 aliphatic carbocycles. The molecule has 0 aliphatic heterocycles. The number of nitrogens with zero attached hydrogens (tertiary/aromatic N) is 1. The highest BCUT2D eigenvalue weighted by Crippen LogP contribution is 2.34. The molecule has 0 fully saturated rings. The van der Waals surface area contributed by atoms with E-state index in [9.17, 15) is 4.79 Å². The maximum atomic E-state index is 13.2. The van der Waals surface area contributed by atoms with Crippen LogP contribution in [0.3, 0.4) is 0 Å². The van der Waals surface area contributed by atoms with Crippen LogP contribution in [0, 0.1) is 0 Å². The molecule has 5 heteroatoms. The summed E-state index contributed by atoms with van der Waals surface area (Å²) in [5, 5.41) is 1.44. The van der Waals surface area contributed by atoms with E-state index in [4.69, 9.17) is 14.2 Å². The van der Waals surface area contributed by atoms with E-state index in [-0.39, 0.29) is 5.56 Å². The molecule has 0 radical (unpaired) electrons. The Morgan fingerprint density at radius 3 is 2.34 bits per heavy atom. The third kappa shape index (κ3) is 6.24. The molecular weight excluding hydrogens is 438 g/mol. The normalized spacial score (nSPS) is 10.9. The van der Waals surface area contributed by atoms with Crippen molar-refractivity contribution in [2.75, 3.05) is 13.7 Å². The summed E-state index contributed by atoms with van der Waals surface area (Å²) in [6.07, 6.45) is 5.81. The van der Waals surface area contributed by atoms with Gasteiger partial charge >= 0.3 is 0 Å². The van der Waals surface area contributed by atoms with Crippen LogP contribution in [0.1, 0.15) is 37.3 Å². The van der Waals surface area contributed by atoms with Crippen molar-refractivity contribution >= 4 is 10.8 Å². The molecule has 1 heterocycles. The molecule has 0 amide bonds. The van der Waals surface area contributed by atoms with E-state index in [2.05, 4.69) is 19.1 Å². The Labute approximate surface area is 206 Å². The van der Waals surface area contributed by atoms with Crippen LogP contribution in [0.15, 0.2) is 83.8 Å². The van der Waals surface area contributed by atoms with E-state index >= 15 is 0 Å². The van der Waals surface area contributed by atoms with Gasteiger partial charge in [-0.2, -0.15) is 0 Å². The van der Waals surface area contributed by atoms with Crippen molar-refractivity contribution in [2.24, 2.45) is 0 Å². The predicted molar refractivity (Wildman–Crippen MR) is 141 cm³/mol. The Morgan fingerprint density at radius 1 is 0.800 bits per heavy atom. The Balaban J connectivity index is 1.42. The number of aromatic nitrogens is 1. The maximum absolute atomic E-state index is 13.2. The molecule has 0 spiro atoms. The number of unbranched alkanes of at least 4 members (excludes halogenated alkanes) is 2. The van der Waals surface area contributed by atoms with Crippen LogP contribution < -0.4 is 19.8 Å². The zero-order valence-electron chi connectivity index (χ0n) is 20.5. The number of aryl methyl sites for hydroxylation is 2. The molecule has 0 saturated heterocycles. The molecule has 0 N–H and O–H groups in total. The summed E-state index contributed by atoms with van der Waals surface area (Å²) in [7, 11) is 1.62. The fourth-order valence-electron chi connectivity index (χ4n) is 4.07. The number of hydrogen-bond donors (Lipinski definition) is 0. The largest absolute Gasteiger partial charge is 0.493 e. The monoisotopic (exact) mass is 471 g/mol. The summed E-state index contributed by atoms with van der Waals surface area (Å²) in [6, 6.07) is 23.8. The van der Waals surface area contributed by atoms with Crippen molar-refractivity contribution in [2.45, 2.75) is 45.8 Å². The van der Waals surface area contributed by atoms with Crippen LogP contribution in [-0.2, 0) is 19.6 Å². The molecule has 0 bridgehead atoms. The summed E-state index contributed by atoms with van der Waals surface area (Å²) < 4.78 is 19.2. The Kier molecular flexibility index (Phi) is 8.44. The van der Waals surface area contributed by atoms with E-state index < -0.39 is 0 Å². The lowest BCUT2D eigenvalue weighted by Gasteiger charge is -2.15. The Bertz CT molecular complexity index is 1280. The predicted octanol–water partition coefficient (Wildman–Crippen LogP) is 6.40. The second kappa shape index (κ2) is 12.1. The van der Waals surface area contributed by atoms with Crippen LogP contribution in [-0.4, -0.2) is 18.3 Å². The summed E-state index contributed by atoms with van der Waals surface area (Å²) in [6.45, 7) is 3.91. The number of hydrogen-bond acceptors (Lipinski definition) is 4. The van der Waals surface area contributed by atoms with Gasteiger partial charge in [0.25, 0.3) is 5.56 Å². The lowest BCUT2D eigenvalue weighted by Crippen LogP contribution is -2.20. The van der Waals surface area contributed by atoms with Gasteiger partial charge in [-0.25, -0.2) is 0 Å². The van der Waals surface area contributed by atoms with E-state index in [0.717, 1.165) is 47.9 Å². The number of pyridine rings is 1. The SMILES string of the molecule is CCCCCOc1c(OC)ccc2c(=O)n(CCc3ccc(OCc4ccccc4)cc3)ccc12. The number of methoxy groups -OCH3 is 1. The first kappa shape index (κ1) is 24.4. The Hall–Kier alpha value is -3.73.